The molecular weight excluding hydrogens is 780 g/mol. The molecule has 3 aromatic carbocycles. The number of benzene rings is 3. The number of piperazine rings is 1. The fourth-order valence-electron chi connectivity index (χ4n) is 10.9. The molecule has 8 rings (SSSR count). The van der Waals surface area contributed by atoms with E-state index in [1.807, 2.05) is 55.6 Å². The van der Waals surface area contributed by atoms with Crippen molar-refractivity contribution >= 4 is 33.2 Å². The molecule has 5 aliphatic rings. The maximum atomic E-state index is 13.9. The first-order valence-electron chi connectivity index (χ1n) is 22.1. The Kier molecular flexibility index (Phi) is 12.8. The summed E-state index contributed by atoms with van der Waals surface area (Å²) in [4.78, 5) is 21.7. The van der Waals surface area contributed by atoms with Gasteiger partial charge in [0.05, 0.1) is 17.5 Å². The molecule has 9 nitrogen and oxygen atoms in total. The van der Waals surface area contributed by atoms with E-state index in [9.17, 15) is 13.2 Å². The quantitative estimate of drug-likeness (QED) is 0.173. The van der Waals surface area contributed by atoms with Gasteiger partial charge in [0.2, 0.25) is 10.0 Å². The molecule has 0 bridgehead atoms. The van der Waals surface area contributed by atoms with Gasteiger partial charge in [-0.3, -0.25) is 14.6 Å². The molecule has 3 aliphatic heterocycles. The smallest absolute Gasteiger partial charge is 0.264 e. The van der Waals surface area contributed by atoms with Gasteiger partial charge in [0.1, 0.15) is 11.4 Å². The third-order valence-electron chi connectivity index (χ3n) is 14.3. The molecule has 3 heterocycles. The number of rotatable bonds is 13. The number of ether oxygens (including phenoxy) is 2. The van der Waals surface area contributed by atoms with Crippen molar-refractivity contribution in [3.63, 3.8) is 0 Å². The predicted octanol–water partition coefficient (Wildman–Crippen LogP) is 8.05. The van der Waals surface area contributed by atoms with Gasteiger partial charge in [0, 0.05) is 68.4 Å². The summed E-state index contributed by atoms with van der Waals surface area (Å²) in [7, 11) is -2.05. The molecule has 2 saturated heterocycles. The van der Waals surface area contributed by atoms with Gasteiger partial charge in [-0.25, -0.2) is 13.1 Å². The third-order valence-corrected chi connectivity index (χ3v) is 16.3. The van der Waals surface area contributed by atoms with Crippen molar-refractivity contribution in [3.05, 3.63) is 106 Å². The highest BCUT2D eigenvalue weighted by molar-refractivity contribution is 7.90. The number of sulfonamides is 1. The van der Waals surface area contributed by atoms with Crippen LogP contribution >= 0.6 is 11.6 Å². The molecule has 0 aromatic heterocycles. The largest absolute Gasteiger partial charge is 0.490 e. The first-order chi connectivity index (χ1) is 28.5. The summed E-state index contributed by atoms with van der Waals surface area (Å²) in [6.45, 7) is 11.2. The number of amides is 1. The average Bonchev–Trinajstić information content (AvgIpc) is 3.38. The zero-order valence-corrected chi connectivity index (χ0v) is 36.8. The van der Waals surface area contributed by atoms with Crippen LogP contribution in [0.2, 0.25) is 5.02 Å². The first kappa shape index (κ1) is 42.3. The number of hydrogen-bond acceptors (Lipinski definition) is 8. The number of anilines is 1. The number of carbonyl (C=O) groups is 1. The average molecular weight is 844 g/mol. The molecule has 3 fully saturated rings. The molecule has 59 heavy (non-hydrogen) atoms. The van der Waals surface area contributed by atoms with Gasteiger partial charge in [-0.1, -0.05) is 73.5 Å². The number of fused-ring (bicyclic) bond motifs is 4. The minimum atomic E-state index is -3.96. The number of carbonyl (C=O) groups excluding carboxylic acids is 1. The van der Waals surface area contributed by atoms with Crippen molar-refractivity contribution in [2.45, 2.75) is 100 Å². The number of piperidine rings is 1. The SMILES string of the molecule is CC/C=C/[C@](CN1CCN2CCCC[C@@H]2C1)(OC)[C@@H]1CC[C@H]1CN1C[C@@]2(CCCc3cc(Cl)ccc32)COc2ccc(C(=O)NS(=O)(=O)[C@H](C)Cc3ccccc3)cc21. The van der Waals surface area contributed by atoms with Crippen LogP contribution in [0.25, 0.3) is 0 Å². The van der Waals surface area contributed by atoms with E-state index in [2.05, 4.69) is 50.6 Å². The van der Waals surface area contributed by atoms with E-state index in [0.29, 0.717) is 48.8 Å². The van der Waals surface area contributed by atoms with Crippen molar-refractivity contribution in [2.24, 2.45) is 11.8 Å². The van der Waals surface area contributed by atoms with Crippen molar-refractivity contribution in [3.8, 4) is 5.75 Å². The lowest BCUT2D eigenvalue weighted by Crippen LogP contribution is -2.61. The zero-order chi connectivity index (χ0) is 41.2. The summed E-state index contributed by atoms with van der Waals surface area (Å²) in [5.74, 6) is 0.723. The standard InChI is InChI=1S/C48H63ClN4O5S/c1-4-5-23-48(57-3,33-51-25-26-52-24-10-9-15-41(52)31-51)43-19-16-39(43)30-53-32-47(22-11-14-37-28-40(49)18-20-42(37)47)34-58-45-21-17-38(29-44(45)53)46(54)50-59(55,56)35(2)27-36-12-7-6-8-13-36/h5-8,12-13,17-18,20-21,23,28-29,35,39,41,43H,4,9-11,14-16,19,22,24-27,30-34H2,1-3H3,(H,50,54)/b23-5+/t35-,39+,41-,43-,47+,48-/m1/s1. The monoisotopic (exact) mass is 842 g/mol. The Morgan fingerprint density at radius 3 is 2.68 bits per heavy atom. The van der Waals surface area contributed by atoms with Crippen molar-refractivity contribution < 1.29 is 22.7 Å². The Bertz CT molecular complexity index is 2100. The van der Waals surface area contributed by atoms with Crippen molar-refractivity contribution in [1.82, 2.24) is 14.5 Å². The number of nitrogens with zero attached hydrogens (tertiary/aromatic N) is 3. The molecule has 1 N–H and O–H groups in total. The van der Waals surface area contributed by atoms with Crippen LogP contribution in [0.5, 0.6) is 5.75 Å². The molecule has 6 atom stereocenters. The van der Waals surface area contributed by atoms with E-state index in [-0.39, 0.29) is 5.41 Å². The molecule has 318 valence electrons. The van der Waals surface area contributed by atoms with Crippen molar-refractivity contribution in [1.29, 1.82) is 0 Å². The lowest BCUT2D eigenvalue weighted by atomic mass is 9.63. The number of nitrogens with one attached hydrogen (secondary N) is 1. The van der Waals surface area contributed by atoms with Crippen LogP contribution in [0.1, 0.15) is 92.3 Å². The van der Waals surface area contributed by atoms with Crippen LogP contribution in [0.4, 0.5) is 5.69 Å². The Labute approximate surface area is 357 Å². The zero-order valence-electron chi connectivity index (χ0n) is 35.2. The van der Waals surface area contributed by atoms with Crippen LogP contribution in [0.15, 0.2) is 78.9 Å². The minimum Gasteiger partial charge on any atom is -0.490 e. The van der Waals surface area contributed by atoms with Crippen molar-refractivity contribution in [2.75, 3.05) is 64.4 Å². The molecule has 1 amide bonds. The van der Waals surface area contributed by atoms with E-state index in [1.165, 1.54) is 36.9 Å². The van der Waals surface area contributed by atoms with Gasteiger partial charge in [0.25, 0.3) is 5.91 Å². The molecule has 0 radical (unpaired) electrons. The summed E-state index contributed by atoms with van der Waals surface area (Å²) in [5.41, 5.74) is 3.89. The van der Waals surface area contributed by atoms with Gasteiger partial charge in [-0.2, -0.15) is 0 Å². The molecule has 11 heteroatoms. The predicted molar refractivity (Wildman–Crippen MR) is 237 cm³/mol. The highest BCUT2D eigenvalue weighted by Gasteiger charge is 2.50. The number of halogens is 1. The molecule has 0 unspecified atom stereocenters. The number of methoxy groups -OCH3 is 1. The molecule has 1 saturated carbocycles. The molecule has 1 spiro atoms. The molecular formula is C48H63ClN4O5S. The van der Waals surface area contributed by atoms with E-state index in [1.54, 1.807) is 13.0 Å². The number of allylic oxidation sites excluding steroid dienone is 1. The minimum absolute atomic E-state index is 0.283. The second kappa shape index (κ2) is 17.9. The Morgan fingerprint density at radius 1 is 1.05 bits per heavy atom. The lowest BCUT2D eigenvalue weighted by Gasteiger charge is -2.53. The first-order valence-corrected chi connectivity index (χ1v) is 24.0. The Morgan fingerprint density at radius 2 is 1.90 bits per heavy atom. The fraction of sp³-hybridized carbons (Fsp3) is 0.562. The topological polar surface area (TPSA) is 91.4 Å². The summed E-state index contributed by atoms with van der Waals surface area (Å²) in [6.07, 6.45) is 15.0. The maximum Gasteiger partial charge on any atom is 0.264 e. The number of aryl methyl sites for hydroxylation is 1. The fourth-order valence-corrected chi connectivity index (χ4v) is 12.1. The molecule has 2 aliphatic carbocycles. The second-order valence-electron chi connectivity index (χ2n) is 18.1. The lowest BCUT2D eigenvalue weighted by molar-refractivity contribution is -0.100. The van der Waals surface area contributed by atoms with E-state index in [4.69, 9.17) is 21.1 Å². The molecule has 3 aromatic rings. The van der Waals surface area contributed by atoms with Gasteiger partial charge >= 0.3 is 0 Å². The van der Waals surface area contributed by atoms with Gasteiger partial charge in [-0.15, -0.1) is 0 Å². The normalized spacial score (nSPS) is 26.4. The van der Waals surface area contributed by atoms with Crippen LogP contribution in [0, 0.1) is 11.8 Å². The Hall–Kier alpha value is -3.41. The summed E-state index contributed by atoms with van der Waals surface area (Å²) in [5, 5.41) is -0.0448. The summed E-state index contributed by atoms with van der Waals surface area (Å²) in [6, 6.07) is 21.8. The van der Waals surface area contributed by atoms with Gasteiger partial charge < -0.3 is 14.4 Å². The highest BCUT2D eigenvalue weighted by atomic mass is 35.5. The van der Waals surface area contributed by atoms with Crippen LogP contribution in [-0.4, -0.2) is 101 Å². The summed E-state index contributed by atoms with van der Waals surface area (Å²) >= 11 is 6.55. The highest BCUT2D eigenvalue weighted by Crippen LogP contribution is 2.49. The van der Waals surface area contributed by atoms with Gasteiger partial charge in [-0.05, 0) is 130 Å². The van der Waals surface area contributed by atoms with E-state index < -0.39 is 26.8 Å². The third kappa shape index (κ3) is 8.99. The summed E-state index contributed by atoms with van der Waals surface area (Å²) < 4.78 is 42.9. The van der Waals surface area contributed by atoms with E-state index >= 15 is 0 Å². The van der Waals surface area contributed by atoms with Crippen LogP contribution in [0.3, 0.4) is 0 Å². The second-order valence-corrected chi connectivity index (χ2v) is 20.6. The maximum absolute atomic E-state index is 13.9. The van der Waals surface area contributed by atoms with Crippen LogP contribution < -0.4 is 14.4 Å². The van der Waals surface area contributed by atoms with E-state index in [0.717, 1.165) is 87.5 Å². The number of hydrogen-bond donors (Lipinski definition) is 1. The Balaban J connectivity index is 1.09. The van der Waals surface area contributed by atoms with Gasteiger partial charge in [0.15, 0.2) is 0 Å². The van der Waals surface area contributed by atoms with Crippen LogP contribution in [-0.2, 0) is 33.0 Å².